The maximum Gasteiger partial charge on any atom is 0.332 e. The summed E-state index contributed by atoms with van der Waals surface area (Å²) in [7, 11) is 0. The lowest BCUT2D eigenvalue weighted by molar-refractivity contribution is 0.0829. The molecule has 124 valence electrons. The normalized spacial score (nSPS) is 14.4. The third-order valence-electron chi connectivity index (χ3n) is 3.72. The van der Waals surface area contributed by atoms with Gasteiger partial charge in [-0.05, 0) is 43.7 Å². The van der Waals surface area contributed by atoms with Gasteiger partial charge in [-0.2, -0.15) is 0 Å². The minimum absolute atomic E-state index is 0.129. The lowest BCUT2D eigenvalue weighted by Gasteiger charge is -2.17. The van der Waals surface area contributed by atoms with Gasteiger partial charge in [-0.3, -0.25) is 14.6 Å². The van der Waals surface area contributed by atoms with Crippen molar-refractivity contribution in [2.75, 3.05) is 18.0 Å². The largest absolute Gasteiger partial charge is 0.332 e. The maximum absolute atomic E-state index is 13.3. The lowest BCUT2D eigenvalue weighted by atomic mass is 10.2. The molecule has 0 aliphatic carbocycles. The van der Waals surface area contributed by atoms with E-state index in [0.717, 1.165) is 28.3 Å². The van der Waals surface area contributed by atoms with Crippen LogP contribution >= 0.6 is 0 Å². The zero-order chi connectivity index (χ0) is 17.4. The van der Waals surface area contributed by atoms with E-state index in [0.29, 0.717) is 11.9 Å². The summed E-state index contributed by atoms with van der Waals surface area (Å²) in [5.41, 5.74) is 1.51. The van der Waals surface area contributed by atoms with E-state index < -0.39 is 23.6 Å². The highest BCUT2D eigenvalue weighted by Gasteiger charge is 2.35. The predicted molar refractivity (Wildman–Crippen MR) is 83.8 cm³/mol. The molecule has 0 atom stereocenters. The Kier molecular flexibility index (Phi) is 4.01. The Balaban J connectivity index is 1.87. The van der Waals surface area contributed by atoms with Crippen molar-refractivity contribution in [1.29, 1.82) is 0 Å². The van der Waals surface area contributed by atoms with Gasteiger partial charge < -0.3 is 0 Å². The van der Waals surface area contributed by atoms with Crippen molar-refractivity contribution in [1.82, 2.24) is 9.88 Å². The number of aromatic nitrogens is 1. The summed E-state index contributed by atoms with van der Waals surface area (Å²) in [5.74, 6) is -2.00. The molecule has 1 aromatic heterocycles. The highest BCUT2D eigenvalue weighted by molar-refractivity contribution is 6.10. The van der Waals surface area contributed by atoms with E-state index in [1.54, 1.807) is 6.07 Å². The summed E-state index contributed by atoms with van der Waals surface area (Å²) < 4.78 is 26.6. The molecule has 5 nitrogen and oxygen atoms in total. The first kappa shape index (κ1) is 16.0. The van der Waals surface area contributed by atoms with Crippen LogP contribution in [0.15, 0.2) is 30.3 Å². The Morgan fingerprint density at radius 2 is 1.71 bits per heavy atom. The average Bonchev–Trinajstić information content (AvgIpc) is 2.86. The van der Waals surface area contributed by atoms with Crippen LogP contribution in [-0.4, -0.2) is 34.9 Å². The topological polar surface area (TPSA) is 53.5 Å². The molecule has 1 aliphatic heterocycles. The molecule has 1 saturated heterocycles. The lowest BCUT2D eigenvalue weighted by Crippen LogP contribution is -2.36. The van der Waals surface area contributed by atoms with Crippen LogP contribution in [0.5, 0.6) is 0 Å². The molecular weight excluding hydrogens is 316 g/mol. The fourth-order valence-corrected chi connectivity index (χ4v) is 2.73. The first-order chi connectivity index (χ1) is 11.3. The molecule has 0 N–H and O–H groups in total. The van der Waals surface area contributed by atoms with E-state index in [2.05, 4.69) is 4.98 Å². The third-order valence-corrected chi connectivity index (χ3v) is 3.72. The quantitative estimate of drug-likeness (QED) is 0.850. The van der Waals surface area contributed by atoms with Gasteiger partial charge in [0.05, 0.1) is 0 Å². The molecule has 1 aromatic carbocycles. The SMILES string of the molecule is Cc1cc(C)nc(N2CCN(C(=O)c3cc(F)cc(F)c3)C2=O)c1. The molecule has 1 fully saturated rings. The van der Waals surface area contributed by atoms with Crippen molar-refractivity contribution in [3.05, 3.63) is 58.8 Å². The third kappa shape index (κ3) is 2.97. The first-order valence-electron chi connectivity index (χ1n) is 7.40. The van der Waals surface area contributed by atoms with Crippen molar-refractivity contribution in [2.45, 2.75) is 13.8 Å². The summed E-state index contributed by atoms with van der Waals surface area (Å²) >= 11 is 0. The molecule has 0 unspecified atom stereocenters. The number of pyridine rings is 1. The van der Waals surface area contributed by atoms with E-state index in [1.807, 2.05) is 19.9 Å². The number of carbonyl (C=O) groups is 2. The second kappa shape index (κ2) is 5.99. The monoisotopic (exact) mass is 331 g/mol. The molecule has 0 saturated carbocycles. The number of rotatable bonds is 2. The number of hydrogen-bond donors (Lipinski definition) is 0. The second-order valence-electron chi connectivity index (χ2n) is 5.69. The fraction of sp³-hybridized carbons (Fsp3) is 0.235. The van der Waals surface area contributed by atoms with Crippen LogP contribution in [0.3, 0.4) is 0 Å². The number of aryl methyl sites for hydroxylation is 2. The zero-order valence-electron chi connectivity index (χ0n) is 13.2. The summed E-state index contributed by atoms with van der Waals surface area (Å²) in [4.78, 5) is 31.6. The van der Waals surface area contributed by atoms with Crippen LogP contribution in [0, 0.1) is 25.5 Å². The molecule has 3 amide bonds. The van der Waals surface area contributed by atoms with Gasteiger partial charge in [-0.25, -0.2) is 18.6 Å². The summed E-state index contributed by atoms with van der Waals surface area (Å²) in [6, 6.07) is 5.58. The van der Waals surface area contributed by atoms with Crippen LogP contribution in [0.1, 0.15) is 21.6 Å². The van der Waals surface area contributed by atoms with E-state index in [9.17, 15) is 18.4 Å². The second-order valence-corrected chi connectivity index (χ2v) is 5.69. The minimum Gasteiger partial charge on any atom is -0.276 e. The van der Waals surface area contributed by atoms with Gasteiger partial charge in [0.15, 0.2) is 0 Å². The van der Waals surface area contributed by atoms with E-state index in [-0.39, 0.29) is 18.7 Å². The Morgan fingerprint density at radius 1 is 1.04 bits per heavy atom. The molecule has 2 heterocycles. The number of urea groups is 1. The van der Waals surface area contributed by atoms with Gasteiger partial charge in [-0.1, -0.05) is 0 Å². The highest BCUT2D eigenvalue weighted by Crippen LogP contribution is 2.22. The molecule has 0 bridgehead atoms. The van der Waals surface area contributed by atoms with Crippen molar-refractivity contribution in [3.63, 3.8) is 0 Å². The number of nitrogens with zero attached hydrogens (tertiary/aromatic N) is 3. The van der Waals surface area contributed by atoms with Gasteiger partial charge >= 0.3 is 6.03 Å². The number of benzene rings is 1. The van der Waals surface area contributed by atoms with Crippen LogP contribution in [0.25, 0.3) is 0 Å². The Hall–Kier alpha value is -2.83. The van der Waals surface area contributed by atoms with Gasteiger partial charge in [0, 0.05) is 30.4 Å². The molecule has 3 rings (SSSR count). The molecule has 7 heteroatoms. The van der Waals surface area contributed by atoms with Crippen LogP contribution in [-0.2, 0) is 0 Å². The number of hydrogen-bond acceptors (Lipinski definition) is 3. The van der Waals surface area contributed by atoms with Gasteiger partial charge in [0.2, 0.25) is 0 Å². The predicted octanol–water partition coefficient (Wildman–Crippen LogP) is 3.06. The van der Waals surface area contributed by atoms with Crippen molar-refractivity contribution < 1.29 is 18.4 Å². The van der Waals surface area contributed by atoms with Gasteiger partial charge in [0.25, 0.3) is 5.91 Å². The van der Waals surface area contributed by atoms with E-state index in [1.165, 1.54) is 4.90 Å². The first-order valence-corrected chi connectivity index (χ1v) is 7.40. The fourth-order valence-electron chi connectivity index (χ4n) is 2.73. The van der Waals surface area contributed by atoms with E-state index in [4.69, 9.17) is 0 Å². The summed E-state index contributed by atoms with van der Waals surface area (Å²) in [6.07, 6.45) is 0. The molecule has 0 spiro atoms. The van der Waals surface area contributed by atoms with E-state index >= 15 is 0 Å². The summed E-state index contributed by atoms with van der Waals surface area (Å²) in [6.45, 7) is 4.11. The van der Waals surface area contributed by atoms with Crippen LogP contribution < -0.4 is 4.90 Å². The minimum atomic E-state index is -0.863. The number of amides is 3. The van der Waals surface area contributed by atoms with Crippen LogP contribution in [0.4, 0.5) is 19.4 Å². The number of anilines is 1. The van der Waals surface area contributed by atoms with Gasteiger partial charge in [0.1, 0.15) is 17.5 Å². The molecule has 24 heavy (non-hydrogen) atoms. The number of carbonyl (C=O) groups excluding carboxylic acids is 2. The zero-order valence-corrected chi connectivity index (χ0v) is 13.2. The Morgan fingerprint density at radius 3 is 2.33 bits per heavy atom. The van der Waals surface area contributed by atoms with Crippen LogP contribution in [0.2, 0.25) is 0 Å². The Labute approximate surface area is 137 Å². The highest BCUT2D eigenvalue weighted by atomic mass is 19.1. The Bertz CT molecular complexity index is 798. The molecular formula is C17H15F2N3O2. The molecule has 1 aliphatic rings. The number of imide groups is 1. The smallest absolute Gasteiger partial charge is 0.276 e. The van der Waals surface area contributed by atoms with Gasteiger partial charge in [-0.15, -0.1) is 0 Å². The van der Waals surface area contributed by atoms with Crippen molar-refractivity contribution >= 4 is 17.8 Å². The van der Waals surface area contributed by atoms with Crippen molar-refractivity contribution in [3.8, 4) is 0 Å². The summed E-state index contributed by atoms with van der Waals surface area (Å²) in [5, 5.41) is 0. The van der Waals surface area contributed by atoms with Crippen molar-refractivity contribution in [2.24, 2.45) is 0 Å². The standard InChI is InChI=1S/C17H15F2N3O2/c1-10-5-11(2)20-15(6-10)21-3-4-22(17(21)24)16(23)12-7-13(18)9-14(19)8-12/h5-9H,3-4H2,1-2H3. The molecule has 2 aromatic rings. The molecule has 0 radical (unpaired) electrons. The average molecular weight is 331 g/mol. The number of halogens is 2. The maximum atomic E-state index is 13.3.